The average Bonchev–Trinajstić information content (AvgIpc) is 2.48. The van der Waals surface area contributed by atoms with Gasteiger partial charge in [0.1, 0.15) is 0 Å². The quantitative estimate of drug-likeness (QED) is 0.421. The Hall–Kier alpha value is -2.22. The van der Waals surface area contributed by atoms with Crippen molar-refractivity contribution < 1.29 is 9.59 Å². The summed E-state index contributed by atoms with van der Waals surface area (Å²) in [5.41, 5.74) is 3.00. The molecule has 0 aromatic carbocycles. The Labute approximate surface area is 116 Å². The summed E-state index contributed by atoms with van der Waals surface area (Å²) in [7, 11) is 0. The first-order valence-electron chi connectivity index (χ1n) is 6.51. The van der Waals surface area contributed by atoms with Crippen LogP contribution < -0.4 is 11.3 Å². The van der Waals surface area contributed by atoms with Crippen molar-refractivity contribution >= 4 is 17.6 Å². The topological polar surface area (TPSA) is 104 Å². The van der Waals surface area contributed by atoms with Gasteiger partial charge in [0.15, 0.2) is 5.82 Å². The zero-order valence-corrected chi connectivity index (χ0v) is 11.4. The van der Waals surface area contributed by atoms with Crippen molar-refractivity contribution in [2.45, 2.75) is 19.9 Å². The predicted octanol–water partition coefficient (Wildman–Crippen LogP) is -0.657. The van der Waals surface area contributed by atoms with E-state index in [0.29, 0.717) is 31.1 Å². The van der Waals surface area contributed by atoms with Gasteiger partial charge in [-0.15, -0.1) is 0 Å². The molecular formula is C12H18N6O2. The van der Waals surface area contributed by atoms with E-state index < -0.39 is 11.8 Å². The number of hydrogen-bond acceptors (Lipinski definition) is 6. The molecule has 20 heavy (non-hydrogen) atoms. The third-order valence-electron chi connectivity index (χ3n) is 3.10. The maximum atomic E-state index is 12.0. The summed E-state index contributed by atoms with van der Waals surface area (Å²) in [5.74, 6) is 4.73. The van der Waals surface area contributed by atoms with E-state index in [-0.39, 0.29) is 6.54 Å². The van der Waals surface area contributed by atoms with Gasteiger partial charge >= 0.3 is 11.8 Å². The molecule has 108 valence electrons. The number of hydrogen-bond donors (Lipinski definition) is 2. The van der Waals surface area contributed by atoms with Crippen LogP contribution in [0.15, 0.2) is 12.4 Å². The van der Waals surface area contributed by atoms with Gasteiger partial charge in [-0.3, -0.25) is 14.6 Å². The summed E-state index contributed by atoms with van der Waals surface area (Å²) >= 11 is 0. The molecule has 0 aliphatic carbocycles. The lowest BCUT2D eigenvalue weighted by molar-refractivity contribution is -0.156. The van der Waals surface area contributed by atoms with Crippen molar-refractivity contribution in [1.29, 1.82) is 0 Å². The highest BCUT2D eigenvalue weighted by atomic mass is 16.2. The monoisotopic (exact) mass is 278 g/mol. The van der Waals surface area contributed by atoms with Gasteiger partial charge in [0, 0.05) is 19.6 Å². The van der Waals surface area contributed by atoms with Crippen LogP contribution in [-0.2, 0) is 16.1 Å². The van der Waals surface area contributed by atoms with E-state index in [1.807, 2.05) is 6.92 Å². The van der Waals surface area contributed by atoms with Gasteiger partial charge in [0.25, 0.3) is 0 Å². The minimum Gasteiger partial charge on any atom is -0.333 e. The third-order valence-corrected chi connectivity index (χ3v) is 3.10. The fraction of sp³-hybridized carbons (Fsp3) is 0.500. The molecule has 1 aliphatic rings. The molecule has 0 unspecified atom stereocenters. The predicted molar refractivity (Wildman–Crippen MR) is 72.1 cm³/mol. The molecule has 8 heteroatoms. The molecule has 0 saturated carbocycles. The smallest absolute Gasteiger partial charge is 0.312 e. The Balaban J connectivity index is 1.99. The lowest BCUT2D eigenvalue weighted by atomic mass is 10.2. The second kappa shape index (κ2) is 6.29. The fourth-order valence-electron chi connectivity index (χ4n) is 2.06. The molecule has 2 amide bonds. The molecule has 2 heterocycles. The van der Waals surface area contributed by atoms with Gasteiger partial charge in [-0.05, 0) is 6.42 Å². The van der Waals surface area contributed by atoms with Gasteiger partial charge in [-0.25, -0.2) is 10.8 Å². The van der Waals surface area contributed by atoms with E-state index >= 15 is 0 Å². The number of nitrogen functional groups attached to an aromatic ring is 1. The lowest BCUT2D eigenvalue weighted by Crippen LogP contribution is -2.54. The molecule has 0 atom stereocenters. The van der Waals surface area contributed by atoms with Gasteiger partial charge in [0.2, 0.25) is 0 Å². The first kappa shape index (κ1) is 14.2. The molecule has 2 rings (SSSR count). The molecule has 1 aromatic heterocycles. The molecule has 0 bridgehead atoms. The number of hydrazine groups is 1. The van der Waals surface area contributed by atoms with E-state index in [4.69, 9.17) is 5.84 Å². The maximum Gasteiger partial charge on any atom is 0.312 e. The summed E-state index contributed by atoms with van der Waals surface area (Å²) in [4.78, 5) is 35.1. The third kappa shape index (κ3) is 3.02. The second-order valence-corrected chi connectivity index (χ2v) is 4.56. The van der Waals surface area contributed by atoms with Crippen molar-refractivity contribution in [3.63, 3.8) is 0 Å². The molecule has 8 nitrogen and oxygen atoms in total. The zero-order valence-electron chi connectivity index (χ0n) is 11.4. The number of nitrogens with zero attached hydrogens (tertiary/aromatic N) is 4. The summed E-state index contributed by atoms with van der Waals surface area (Å²) in [6, 6.07) is 0. The zero-order chi connectivity index (χ0) is 14.5. The number of nitrogens with two attached hydrogens (primary N) is 1. The summed E-state index contributed by atoms with van der Waals surface area (Å²) in [6.45, 7) is 3.96. The van der Waals surface area contributed by atoms with Crippen molar-refractivity contribution in [3.8, 4) is 0 Å². The van der Waals surface area contributed by atoms with Gasteiger partial charge in [-0.2, -0.15) is 0 Å². The van der Waals surface area contributed by atoms with Crippen LogP contribution in [0.3, 0.4) is 0 Å². The van der Waals surface area contributed by atoms with Gasteiger partial charge in [0.05, 0.1) is 24.6 Å². The van der Waals surface area contributed by atoms with Crippen molar-refractivity contribution in [1.82, 2.24) is 19.8 Å². The van der Waals surface area contributed by atoms with Crippen molar-refractivity contribution in [2.24, 2.45) is 5.84 Å². The standard InChI is InChI=1S/C12H18N6O2/c1-2-3-17-4-5-18(12(20)11(17)19)8-9-6-15-10(16-13)7-14-9/h6-7H,2-5,8,13H2,1H3,(H,15,16). The van der Waals surface area contributed by atoms with E-state index in [9.17, 15) is 9.59 Å². The Morgan fingerprint density at radius 1 is 1.20 bits per heavy atom. The number of piperazine rings is 1. The van der Waals surface area contributed by atoms with Crippen molar-refractivity contribution in [3.05, 3.63) is 18.1 Å². The number of aromatic nitrogens is 2. The first-order valence-corrected chi connectivity index (χ1v) is 6.51. The molecular weight excluding hydrogens is 260 g/mol. The van der Waals surface area contributed by atoms with E-state index in [1.165, 1.54) is 17.3 Å². The van der Waals surface area contributed by atoms with Crippen LogP contribution >= 0.6 is 0 Å². The highest BCUT2D eigenvalue weighted by molar-refractivity contribution is 6.35. The summed E-state index contributed by atoms with van der Waals surface area (Å²) in [5, 5.41) is 0. The number of nitrogens with one attached hydrogen (secondary N) is 1. The van der Waals surface area contributed by atoms with Crippen LogP contribution in [-0.4, -0.2) is 51.2 Å². The minimum absolute atomic E-state index is 0.280. The van der Waals surface area contributed by atoms with Crippen LogP contribution in [0.4, 0.5) is 5.82 Å². The molecule has 3 N–H and O–H groups in total. The number of rotatable bonds is 5. The SMILES string of the molecule is CCCN1CCN(Cc2cnc(NN)cn2)C(=O)C1=O. The van der Waals surface area contributed by atoms with Crippen LogP contribution in [0, 0.1) is 0 Å². The normalized spacial score (nSPS) is 15.7. The largest absolute Gasteiger partial charge is 0.333 e. The van der Waals surface area contributed by atoms with Gasteiger partial charge < -0.3 is 15.2 Å². The summed E-state index contributed by atoms with van der Waals surface area (Å²) in [6.07, 6.45) is 3.86. The molecule has 0 radical (unpaired) electrons. The van der Waals surface area contributed by atoms with E-state index in [0.717, 1.165) is 6.42 Å². The molecule has 0 spiro atoms. The molecule has 1 aliphatic heterocycles. The molecule has 1 aromatic rings. The van der Waals surface area contributed by atoms with Crippen LogP contribution in [0.25, 0.3) is 0 Å². The van der Waals surface area contributed by atoms with Crippen LogP contribution in [0.2, 0.25) is 0 Å². The highest BCUT2D eigenvalue weighted by Crippen LogP contribution is 2.10. The number of carbonyl (C=O) groups excluding carboxylic acids is 2. The van der Waals surface area contributed by atoms with Crippen molar-refractivity contribution in [2.75, 3.05) is 25.1 Å². The molecule has 1 saturated heterocycles. The fourth-order valence-corrected chi connectivity index (χ4v) is 2.06. The number of carbonyl (C=O) groups is 2. The number of anilines is 1. The Morgan fingerprint density at radius 3 is 2.50 bits per heavy atom. The average molecular weight is 278 g/mol. The van der Waals surface area contributed by atoms with E-state index in [2.05, 4.69) is 15.4 Å². The first-order chi connectivity index (χ1) is 9.65. The highest BCUT2D eigenvalue weighted by Gasteiger charge is 2.31. The Kier molecular flexibility index (Phi) is 4.46. The van der Waals surface area contributed by atoms with E-state index in [1.54, 1.807) is 4.90 Å². The van der Waals surface area contributed by atoms with Crippen LogP contribution in [0.1, 0.15) is 19.0 Å². The lowest BCUT2D eigenvalue weighted by Gasteiger charge is -2.33. The summed E-state index contributed by atoms with van der Waals surface area (Å²) < 4.78 is 0. The van der Waals surface area contributed by atoms with Gasteiger partial charge in [-0.1, -0.05) is 6.92 Å². The minimum atomic E-state index is -0.479. The number of amides is 2. The Morgan fingerprint density at radius 2 is 1.90 bits per heavy atom. The Bertz CT molecular complexity index is 489. The second-order valence-electron chi connectivity index (χ2n) is 4.56. The molecule has 1 fully saturated rings. The maximum absolute atomic E-state index is 12.0. The van der Waals surface area contributed by atoms with Crippen LogP contribution in [0.5, 0.6) is 0 Å².